The molecule has 0 amide bonds. The van der Waals surface area contributed by atoms with Crippen molar-refractivity contribution in [1.29, 1.82) is 0 Å². The van der Waals surface area contributed by atoms with E-state index in [1.165, 1.54) is 0 Å². The molecule has 0 bridgehead atoms. The number of aromatic nitrogens is 1. The minimum Gasteiger partial charge on any atom is -0.469 e. The van der Waals surface area contributed by atoms with Crippen LogP contribution in [0.5, 0.6) is 0 Å². The van der Waals surface area contributed by atoms with E-state index in [0.717, 1.165) is 5.76 Å². The van der Waals surface area contributed by atoms with Crippen LogP contribution in [-0.2, 0) is 6.42 Å². The number of carbonyl (C=O) groups excluding carboxylic acids is 1. The average Bonchev–Trinajstić information content (AvgIpc) is 2.89. The van der Waals surface area contributed by atoms with E-state index in [1.54, 1.807) is 17.0 Å². The summed E-state index contributed by atoms with van der Waals surface area (Å²) in [5.74, 6) is 0.851. The fourth-order valence-electron chi connectivity index (χ4n) is 1.82. The maximum absolute atomic E-state index is 12.2. The third-order valence-electron chi connectivity index (χ3n) is 2.66. The van der Waals surface area contributed by atoms with E-state index in [2.05, 4.69) is 4.99 Å². The second-order valence-corrected chi connectivity index (χ2v) is 4.62. The highest BCUT2D eigenvalue weighted by Crippen LogP contribution is 2.04. The molecule has 0 N–H and O–H groups in total. The SMILES string of the molecule is CC(C)N=c1ccccn1C(=O)CCc1ccco1. The quantitative estimate of drug-likeness (QED) is 0.846. The largest absolute Gasteiger partial charge is 0.469 e. The molecule has 0 aliphatic heterocycles. The fourth-order valence-corrected chi connectivity index (χ4v) is 1.82. The number of furan rings is 1. The topological polar surface area (TPSA) is 47.5 Å². The van der Waals surface area contributed by atoms with Crippen molar-refractivity contribution in [3.8, 4) is 0 Å². The van der Waals surface area contributed by atoms with Gasteiger partial charge in [-0.3, -0.25) is 14.4 Å². The maximum Gasteiger partial charge on any atom is 0.232 e. The average molecular weight is 258 g/mol. The van der Waals surface area contributed by atoms with Gasteiger partial charge >= 0.3 is 0 Å². The molecule has 4 heteroatoms. The minimum atomic E-state index is 0.0244. The van der Waals surface area contributed by atoms with E-state index in [0.29, 0.717) is 18.3 Å². The van der Waals surface area contributed by atoms with Crippen LogP contribution in [0.25, 0.3) is 0 Å². The van der Waals surface area contributed by atoms with Crippen LogP contribution in [0.15, 0.2) is 52.2 Å². The summed E-state index contributed by atoms with van der Waals surface area (Å²) in [4.78, 5) is 16.6. The van der Waals surface area contributed by atoms with Crippen LogP contribution < -0.4 is 5.49 Å². The summed E-state index contributed by atoms with van der Waals surface area (Å²) in [6.07, 6.45) is 4.39. The van der Waals surface area contributed by atoms with Gasteiger partial charge in [0.15, 0.2) is 0 Å². The van der Waals surface area contributed by atoms with E-state index in [-0.39, 0.29) is 11.9 Å². The van der Waals surface area contributed by atoms with E-state index in [9.17, 15) is 4.79 Å². The summed E-state index contributed by atoms with van der Waals surface area (Å²) < 4.78 is 6.83. The van der Waals surface area contributed by atoms with Gasteiger partial charge in [0.05, 0.1) is 6.26 Å². The molecule has 4 nitrogen and oxygen atoms in total. The Hall–Kier alpha value is -2.10. The summed E-state index contributed by atoms with van der Waals surface area (Å²) in [6.45, 7) is 3.98. The lowest BCUT2D eigenvalue weighted by Gasteiger charge is -2.06. The van der Waals surface area contributed by atoms with Crippen molar-refractivity contribution in [2.75, 3.05) is 0 Å². The van der Waals surface area contributed by atoms with Crippen LogP contribution in [0.2, 0.25) is 0 Å². The smallest absolute Gasteiger partial charge is 0.232 e. The van der Waals surface area contributed by atoms with Gasteiger partial charge in [0.2, 0.25) is 5.91 Å². The van der Waals surface area contributed by atoms with Crippen molar-refractivity contribution in [1.82, 2.24) is 4.57 Å². The number of nitrogens with zero attached hydrogens (tertiary/aromatic N) is 2. The third kappa shape index (κ3) is 3.68. The van der Waals surface area contributed by atoms with Crippen molar-refractivity contribution in [3.63, 3.8) is 0 Å². The summed E-state index contributed by atoms with van der Waals surface area (Å²) in [5.41, 5.74) is 0.696. The molecule has 2 aromatic heterocycles. The number of pyridine rings is 1. The first kappa shape index (κ1) is 13.3. The first-order valence-electron chi connectivity index (χ1n) is 6.44. The number of hydrogen-bond donors (Lipinski definition) is 0. The molecule has 2 aromatic rings. The number of rotatable bonds is 4. The van der Waals surface area contributed by atoms with E-state index in [1.807, 2.05) is 44.2 Å². The molecular formula is C15H18N2O2. The molecule has 0 unspecified atom stereocenters. The molecule has 0 aliphatic carbocycles. The van der Waals surface area contributed by atoms with Crippen molar-refractivity contribution in [3.05, 3.63) is 54.0 Å². The molecule has 0 saturated heterocycles. The van der Waals surface area contributed by atoms with Gasteiger partial charge in [-0.15, -0.1) is 0 Å². The lowest BCUT2D eigenvalue weighted by Crippen LogP contribution is -2.27. The lowest BCUT2D eigenvalue weighted by molar-refractivity contribution is 0.0895. The second kappa shape index (κ2) is 6.18. The predicted molar refractivity (Wildman–Crippen MR) is 72.8 cm³/mol. The first-order chi connectivity index (χ1) is 9.16. The van der Waals surface area contributed by atoms with Gasteiger partial charge in [0, 0.05) is 25.1 Å². The normalized spacial score (nSPS) is 12.1. The highest BCUT2D eigenvalue weighted by molar-refractivity contribution is 5.78. The van der Waals surface area contributed by atoms with Gasteiger partial charge < -0.3 is 4.42 Å². The van der Waals surface area contributed by atoms with E-state index < -0.39 is 0 Å². The monoisotopic (exact) mass is 258 g/mol. The molecule has 0 saturated carbocycles. The summed E-state index contributed by atoms with van der Waals surface area (Å²) in [5, 5.41) is 0. The summed E-state index contributed by atoms with van der Waals surface area (Å²) in [7, 11) is 0. The molecule has 100 valence electrons. The van der Waals surface area contributed by atoms with Crippen LogP contribution in [0.4, 0.5) is 0 Å². The van der Waals surface area contributed by atoms with Gasteiger partial charge in [0.1, 0.15) is 11.2 Å². The highest BCUT2D eigenvalue weighted by Gasteiger charge is 2.07. The van der Waals surface area contributed by atoms with Crippen LogP contribution in [-0.4, -0.2) is 16.5 Å². The molecular weight excluding hydrogens is 240 g/mol. The van der Waals surface area contributed by atoms with Gasteiger partial charge in [-0.25, -0.2) is 0 Å². The fraction of sp³-hybridized carbons (Fsp3) is 0.333. The van der Waals surface area contributed by atoms with E-state index in [4.69, 9.17) is 4.42 Å². The van der Waals surface area contributed by atoms with Crippen LogP contribution in [0.1, 0.15) is 30.8 Å². The second-order valence-electron chi connectivity index (χ2n) is 4.62. The Balaban J connectivity index is 2.15. The first-order valence-corrected chi connectivity index (χ1v) is 6.44. The minimum absolute atomic E-state index is 0.0244. The van der Waals surface area contributed by atoms with Crippen molar-refractivity contribution in [2.45, 2.75) is 32.7 Å². The summed E-state index contributed by atoms with van der Waals surface area (Å²) in [6, 6.07) is 9.44. The van der Waals surface area contributed by atoms with Crippen molar-refractivity contribution in [2.24, 2.45) is 4.99 Å². The molecule has 19 heavy (non-hydrogen) atoms. The molecule has 0 radical (unpaired) electrons. The Morgan fingerprint density at radius 1 is 1.32 bits per heavy atom. The molecule has 0 atom stereocenters. The molecule has 0 fully saturated rings. The predicted octanol–water partition coefficient (Wildman–Crippen LogP) is 2.66. The Labute approximate surface area is 112 Å². The number of aryl methyl sites for hydroxylation is 1. The molecule has 0 aliphatic rings. The molecule has 0 aromatic carbocycles. The van der Waals surface area contributed by atoms with Gasteiger partial charge in [-0.05, 0) is 38.1 Å². The standard InChI is InChI=1S/C15H18N2O2/c1-12(2)16-14-7-3-4-10-17(14)15(18)9-8-13-6-5-11-19-13/h3-7,10-12H,8-9H2,1-2H3. The Kier molecular flexibility index (Phi) is 4.34. The Morgan fingerprint density at radius 3 is 2.84 bits per heavy atom. The van der Waals surface area contributed by atoms with Gasteiger partial charge in [0.25, 0.3) is 0 Å². The van der Waals surface area contributed by atoms with Crippen LogP contribution >= 0.6 is 0 Å². The summed E-state index contributed by atoms with van der Waals surface area (Å²) >= 11 is 0. The highest BCUT2D eigenvalue weighted by atomic mass is 16.3. The number of hydrogen-bond acceptors (Lipinski definition) is 3. The van der Waals surface area contributed by atoms with E-state index >= 15 is 0 Å². The third-order valence-corrected chi connectivity index (χ3v) is 2.66. The lowest BCUT2D eigenvalue weighted by atomic mass is 10.2. The van der Waals surface area contributed by atoms with Crippen LogP contribution in [0.3, 0.4) is 0 Å². The Morgan fingerprint density at radius 2 is 2.16 bits per heavy atom. The van der Waals surface area contributed by atoms with Crippen molar-refractivity contribution >= 4 is 5.91 Å². The molecule has 2 heterocycles. The molecule has 0 spiro atoms. The van der Waals surface area contributed by atoms with Crippen molar-refractivity contribution < 1.29 is 9.21 Å². The zero-order valence-electron chi connectivity index (χ0n) is 11.2. The Bertz CT molecular complexity index is 595. The van der Waals surface area contributed by atoms with Gasteiger partial charge in [-0.1, -0.05) is 6.07 Å². The molecule has 2 rings (SSSR count). The number of carbonyl (C=O) groups is 1. The maximum atomic E-state index is 12.2. The zero-order valence-corrected chi connectivity index (χ0v) is 11.2. The zero-order chi connectivity index (χ0) is 13.7. The van der Waals surface area contributed by atoms with Crippen LogP contribution in [0, 0.1) is 0 Å². The van der Waals surface area contributed by atoms with Gasteiger partial charge in [-0.2, -0.15) is 0 Å².